The second-order valence-electron chi connectivity index (χ2n) is 5.40. The van der Waals surface area contributed by atoms with Crippen LogP contribution in [0, 0.1) is 5.41 Å². The largest absolute Gasteiger partial charge is 0.296 e. The van der Waals surface area contributed by atoms with E-state index in [-0.39, 0.29) is 17.1 Å². The van der Waals surface area contributed by atoms with Crippen molar-refractivity contribution < 1.29 is 9.59 Å². The molecular formula is C12H16BrNO2S. The van der Waals surface area contributed by atoms with E-state index in [0.29, 0.717) is 17.4 Å². The number of hydrogen-bond acceptors (Lipinski definition) is 3. The Morgan fingerprint density at radius 2 is 2.18 bits per heavy atom. The molecule has 0 aromatic rings. The summed E-state index contributed by atoms with van der Waals surface area (Å²) in [5.74, 6) is 0.996. The minimum Gasteiger partial charge on any atom is -0.296 e. The van der Waals surface area contributed by atoms with Crippen molar-refractivity contribution in [1.29, 1.82) is 0 Å². The second kappa shape index (κ2) is 4.43. The third kappa shape index (κ3) is 2.19. The van der Waals surface area contributed by atoms with Crippen molar-refractivity contribution in [2.75, 3.05) is 11.1 Å². The van der Waals surface area contributed by atoms with Gasteiger partial charge in [-0.15, -0.1) is 11.8 Å². The first-order chi connectivity index (χ1) is 7.86. The predicted molar refractivity (Wildman–Crippen MR) is 73.0 cm³/mol. The molecule has 5 heteroatoms. The quantitative estimate of drug-likeness (QED) is 0.580. The lowest BCUT2D eigenvalue weighted by molar-refractivity contribution is -0.142. The highest BCUT2D eigenvalue weighted by Crippen LogP contribution is 2.42. The molecule has 1 fully saturated rings. The van der Waals surface area contributed by atoms with Crippen LogP contribution in [0.3, 0.4) is 0 Å². The van der Waals surface area contributed by atoms with E-state index in [1.165, 1.54) is 0 Å². The molecule has 0 aliphatic carbocycles. The monoisotopic (exact) mass is 317 g/mol. The molecule has 1 atom stereocenters. The van der Waals surface area contributed by atoms with Gasteiger partial charge in [0, 0.05) is 16.5 Å². The highest BCUT2D eigenvalue weighted by atomic mass is 79.9. The van der Waals surface area contributed by atoms with Gasteiger partial charge in [0.1, 0.15) is 0 Å². The van der Waals surface area contributed by atoms with E-state index in [9.17, 15) is 9.59 Å². The summed E-state index contributed by atoms with van der Waals surface area (Å²) in [5.41, 5.74) is 1.25. The van der Waals surface area contributed by atoms with Gasteiger partial charge in [0.25, 0.3) is 0 Å². The fourth-order valence-corrected chi connectivity index (χ4v) is 3.94. The average molecular weight is 318 g/mol. The van der Waals surface area contributed by atoms with Crippen LogP contribution >= 0.6 is 27.7 Å². The highest BCUT2D eigenvalue weighted by Gasteiger charge is 2.46. The molecular weight excluding hydrogens is 302 g/mol. The van der Waals surface area contributed by atoms with Gasteiger partial charge in [-0.25, -0.2) is 0 Å². The normalized spacial score (nSPS) is 24.6. The number of allylic oxidation sites excluding steroid dienone is 1. The zero-order valence-corrected chi connectivity index (χ0v) is 12.7. The summed E-state index contributed by atoms with van der Waals surface area (Å²) in [6.07, 6.45) is 0.571. The van der Waals surface area contributed by atoms with E-state index in [1.807, 2.05) is 20.8 Å². The van der Waals surface area contributed by atoms with Crippen LogP contribution in [-0.2, 0) is 9.59 Å². The molecule has 2 heterocycles. The van der Waals surface area contributed by atoms with E-state index in [0.717, 1.165) is 11.3 Å². The van der Waals surface area contributed by atoms with Crippen molar-refractivity contribution in [3.8, 4) is 0 Å². The number of nitrogens with zero attached hydrogens (tertiary/aromatic N) is 1. The molecule has 17 heavy (non-hydrogen) atoms. The minimum atomic E-state index is -0.439. The third-order valence-corrected chi connectivity index (χ3v) is 4.94. The molecule has 0 unspecified atom stereocenters. The molecule has 2 aliphatic heterocycles. The van der Waals surface area contributed by atoms with E-state index in [2.05, 4.69) is 15.9 Å². The predicted octanol–water partition coefficient (Wildman–Crippen LogP) is 2.56. The van der Waals surface area contributed by atoms with Crippen molar-refractivity contribution in [2.45, 2.75) is 32.6 Å². The smallest absolute Gasteiger partial charge is 0.231 e. The molecule has 2 aliphatic rings. The number of alkyl halides is 1. The van der Waals surface area contributed by atoms with Gasteiger partial charge in [-0.1, -0.05) is 36.7 Å². The molecule has 0 radical (unpaired) electrons. The van der Waals surface area contributed by atoms with Crippen LogP contribution in [0.2, 0.25) is 0 Å². The van der Waals surface area contributed by atoms with Crippen molar-refractivity contribution in [3.63, 3.8) is 0 Å². The van der Waals surface area contributed by atoms with Gasteiger partial charge < -0.3 is 0 Å². The lowest BCUT2D eigenvalue weighted by Crippen LogP contribution is -2.55. The Morgan fingerprint density at radius 1 is 1.53 bits per heavy atom. The maximum atomic E-state index is 12.4. The summed E-state index contributed by atoms with van der Waals surface area (Å²) in [6, 6.07) is 0. The van der Waals surface area contributed by atoms with Crippen LogP contribution in [0.5, 0.6) is 0 Å². The van der Waals surface area contributed by atoms with Crippen LogP contribution < -0.4 is 0 Å². The second-order valence-corrected chi connectivity index (χ2v) is 7.13. The minimum absolute atomic E-state index is 0.0744. The number of fused-ring (bicyclic) bond motifs is 1. The molecule has 3 nitrogen and oxygen atoms in total. The molecule has 2 rings (SSSR count). The Hall–Kier alpha value is -0.290. The first-order valence-corrected chi connectivity index (χ1v) is 7.79. The van der Waals surface area contributed by atoms with Crippen LogP contribution in [0.4, 0.5) is 0 Å². The fraction of sp³-hybridized carbons (Fsp3) is 0.667. The number of β-lactam (4-membered cyclic amide) rings is 1. The Morgan fingerprint density at radius 3 is 2.65 bits per heavy atom. The van der Waals surface area contributed by atoms with Crippen LogP contribution in [0.25, 0.3) is 0 Å². The van der Waals surface area contributed by atoms with Gasteiger partial charge in [0.15, 0.2) is 5.78 Å². The summed E-state index contributed by atoms with van der Waals surface area (Å²) in [5, 5.41) is 0.847. The zero-order valence-electron chi connectivity index (χ0n) is 10.2. The summed E-state index contributed by atoms with van der Waals surface area (Å²) in [4.78, 5) is 25.8. The van der Waals surface area contributed by atoms with E-state index in [4.69, 9.17) is 0 Å². The average Bonchev–Trinajstić information content (AvgIpc) is 2.24. The molecule has 0 bridgehead atoms. The van der Waals surface area contributed by atoms with Gasteiger partial charge in [0.05, 0.1) is 17.5 Å². The number of Topliss-reactive ketones (excluding diaryl/α,β-unsaturated/α-hetero) is 1. The molecule has 0 N–H and O–H groups in total. The summed E-state index contributed by atoms with van der Waals surface area (Å²) >= 11 is 5.16. The Labute approximate surface area is 114 Å². The summed E-state index contributed by atoms with van der Waals surface area (Å²) < 4.78 is 0. The Bertz CT molecular complexity index is 411. The van der Waals surface area contributed by atoms with Crippen molar-refractivity contribution in [3.05, 3.63) is 11.3 Å². The van der Waals surface area contributed by atoms with Crippen LogP contribution in [0.1, 0.15) is 27.2 Å². The van der Waals surface area contributed by atoms with Crippen LogP contribution in [0.15, 0.2) is 11.3 Å². The Kier molecular flexibility index (Phi) is 3.42. The highest BCUT2D eigenvalue weighted by molar-refractivity contribution is 9.09. The maximum absolute atomic E-state index is 12.4. The standard InChI is InChI=1S/C12H16BrNO2S/c1-12(2,3)11(16)10-7(5-13)6-17-9-4-8(15)14(9)10/h9H,4-6H2,1-3H3/t9-/m1/s1. The number of amides is 1. The lowest BCUT2D eigenvalue weighted by atomic mass is 9.86. The van der Waals surface area contributed by atoms with E-state index >= 15 is 0 Å². The molecule has 1 amide bonds. The fourth-order valence-electron chi connectivity index (χ4n) is 1.95. The Balaban J connectivity index is 2.40. The third-order valence-electron chi connectivity index (χ3n) is 2.99. The van der Waals surface area contributed by atoms with E-state index in [1.54, 1.807) is 16.7 Å². The molecule has 0 aromatic carbocycles. The first-order valence-electron chi connectivity index (χ1n) is 5.62. The van der Waals surface area contributed by atoms with Gasteiger partial charge in [0.2, 0.25) is 5.91 Å². The number of hydrogen-bond donors (Lipinski definition) is 0. The topological polar surface area (TPSA) is 37.4 Å². The van der Waals surface area contributed by atoms with Crippen LogP contribution in [-0.4, -0.2) is 33.0 Å². The number of thioether (sulfide) groups is 1. The maximum Gasteiger partial charge on any atom is 0.231 e. The molecule has 94 valence electrons. The number of halogens is 1. The molecule has 0 saturated carbocycles. The van der Waals surface area contributed by atoms with E-state index < -0.39 is 5.41 Å². The number of carbonyl (C=O) groups is 2. The zero-order chi connectivity index (χ0) is 12.8. The van der Waals surface area contributed by atoms with Gasteiger partial charge in [-0.2, -0.15) is 0 Å². The van der Waals surface area contributed by atoms with Crippen molar-refractivity contribution >= 4 is 39.4 Å². The number of rotatable bonds is 2. The molecule has 0 spiro atoms. The molecule has 1 saturated heterocycles. The summed E-state index contributed by atoms with van der Waals surface area (Å²) in [7, 11) is 0. The van der Waals surface area contributed by atoms with Gasteiger partial charge >= 0.3 is 0 Å². The first kappa shape index (κ1) is 13.1. The number of carbonyl (C=O) groups excluding carboxylic acids is 2. The van der Waals surface area contributed by atoms with Crippen molar-refractivity contribution in [1.82, 2.24) is 4.90 Å². The lowest BCUT2D eigenvalue weighted by Gasteiger charge is -2.46. The number of ketones is 1. The SMILES string of the molecule is CC(C)(C)C(=O)C1=C(CBr)CS[C@@H]2CC(=O)N12. The summed E-state index contributed by atoms with van der Waals surface area (Å²) in [6.45, 7) is 5.69. The van der Waals surface area contributed by atoms with Gasteiger partial charge in [-0.05, 0) is 5.57 Å². The molecule has 0 aromatic heterocycles. The van der Waals surface area contributed by atoms with Gasteiger partial charge in [-0.3, -0.25) is 14.5 Å². The van der Waals surface area contributed by atoms with Crippen molar-refractivity contribution in [2.24, 2.45) is 5.41 Å².